The summed E-state index contributed by atoms with van der Waals surface area (Å²) in [6.07, 6.45) is 4.09. The second kappa shape index (κ2) is 8.89. The van der Waals surface area contributed by atoms with Gasteiger partial charge in [-0.1, -0.05) is 0 Å². The third-order valence-electron chi connectivity index (χ3n) is 4.05. The summed E-state index contributed by atoms with van der Waals surface area (Å²) < 4.78 is 5.38. The molecule has 4 nitrogen and oxygen atoms in total. The lowest BCUT2D eigenvalue weighted by molar-refractivity contribution is 0.164. The highest BCUT2D eigenvalue weighted by Gasteiger charge is 2.22. The van der Waals surface area contributed by atoms with Crippen LogP contribution in [-0.2, 0) is 6.54 Å². The van der Waals surface area contributed by atoms with Crippen LogP contribution in [0.1, 0.15) is 25.5 Å². The molecule has 2 aromatic rings. The molecule has 3 heterocycles. The van der Waals surface area contributed by atoms with E-state index in [1.807, 2.05) is 12.1 Å². The molecule has 0 amide bonds. The van der Waals surface area contributed by atoms with Crippen LogP contribution in [0.5, 0.6) is 0 Å². The van der Waals surface area contributed by atoms with Crippen molar-refractivity contribution < 1.29 is 4.42 Å². The van der Waals surface area contributed by atoms with Crippen LogP contribution in [-0.4, -0.2) is 29.0 Å². The van der Waals surface area contributed by atoms with Crippen LogP contribution in [0.15, 0.2) is 28.2 Å². The Hall–Kier alpha value is -0.590. The molecule has 1 fully saturated rings. The quantitative estimate of drug-likeness (QED) is 0.897. The average molecular weight is 364 g/mol. The number of nitrogens with two attached hydrogens (primary N) is 1. The van der Waals surface area contributed by atoms with Crippen molar-refractivity contribution in [2.75, 3.05) is 13.1 Å². The normalized spacial score (nSPS) is 17.5. The van der Waals surface area contributed by atoms with Gasteiger partial charge in [0, 0.05) is 18.0 Å². The zero-order chi connectivity index (χ0) is 13.9. The first kappa shape index (κ1) is 19.5. The van der Waals surface area contributed by atoms with Gasteiger partial charge < -0.3 is 10.2 Å². The summed E-state index contributed by atoms with van der Waals surface area (Å²) in [7, 11) is 0. The molecule has 22 heavy (non-hydrogen) atoms. The van der Waals surface area contributed by atoms with E-state index in [0.717, 1.165) is 36.1 Å². The molecule has 0 bridgehead atoms. The van der Waals surface area contributed by atoms with Crippen LogP contribution in [0.3, 0.4) is 0 Å². The van der Waals surface area contributed by atoms with E-state index in [0.29, 0.717) is 12.0 Å². The minimum Gasteiger partial charge on any atom is -0.462 e. The number of halogens is 2. The molecule has 1 aliphatic heterocycles. The highest BCUT2D eigenvalue weighted by atomic mass is 35.5. The predicted octanol–water partition coefficient (Wildman–Crippen LogP) is 3.81. The predicted molar refractivity (Wildman–Crippen MR) is 96.0 cm³/mol. The average Bonchev–Trinajstić information content (AvgIpc) is 3.09. The molecule has 3 rings (SSSR count). The standard InChI is InChI=1S/C15H21N3OS.2ClH/c1-11(16)12-4-6-18(7-5-12)9-13-10-20-15(17-13)14-3-2-8-19-14;;/h2-3,8,10-12H,4-7,9,16H2,1H3;2*1H. The van der Waals surface area contributed by atoms with Crippen molar-refractivity contribution in [1.82, 2.24) is 9.88 Å². The van der Waals surface area contributed by atoms with E-state index in [9.17, 15) is 0 Å². The summed E-state index contributed by atoms with van der Waals surface area (Å²) in [5.41, 5.74) is 7.12. The molecule has 124 valence electrons. The van der Waals surface area contributed by atoms with Crippen molar-refractivity contribution in [3.8, 4) is 10.8 Å². The van der Waals surface area contributed by atoms with E-state index in [1.54, 1.807) is 17.6 Å². The van der Waals surface area contributed by atoms with E-state index in [2.05, 4.69) is 22.2 Å². The van der Waals surface area contributed by atoms with Crippen molar-refractivity contribution in [1.29, 1.82) is 0 Å². The Morgan fingerprint density at radius 3 is 2.73 bits per heavy atom. The summed E-state index contributed by atoms with van der Waals surface area (Å²) in [4.78, 5) is 7.13. The third kappa shape index (κ3) is 4.70. The van der Waals surface area contributed by atoms with Crippen LogP contribution >= 0.6 is 36.2 Å². The Bertz CT molecular complexity index is 537. The van der Waals surface area contributed by atoms with Gasteiger partial charge in [-0.15, -0.1) is 36.2 Å². The number of aromatic nitrogens is 1. The topological polar surface area (TPSA) is 55.3 Å². The Morgan fingerprint density at radius 1 is 1.41 bits per heavy atom. The molecule has 7 heteroatoms. The number of piperidine rings is 1. The summed E-state index contributed by atoms with van der Waals surface area (Å²) in [5, 5.41) is 3.10. The van der Waals surface area contributed by atoms with Gasteiger partial charge in [0.25, 0.3) is 0 Å². The summed E-state index contributed by atoms with van der Waals surface area (Å²) in [6.45, 7) is 5.30. The molecule has 2 N–H and O–H groups in total. The van der Waals surface area contributed by atoms with Crippen molar-refractivity contribution >= 4 is 36.2 Å². The Morgan fingerprint density at radius 2 is 2.14 bits per heavy atom. The molecule has 1 saturated heterocycles. The molecule has 0 aliphatic carbocycles. The van der Waals surface area contributed by atoms with Gasteiger partial charge in [-0.2, -0.15) is 0 Å². The molecule has 0 radical (unpaired) electrons. The lowest BCUT2D eigenvalue weighted by Gasteiger charge is -2.33. The van der Waals surface area contributed by atoms with Gasteiger partial charge in [0.1, 0.15) is 0 Å². The number of thiazole rings is 1. The van der Waals surface area contributed by atoms with Crippen LogP contribution in [0.4, 0.5) is 0 Å². The van der Waals surface area contributed by atoms with Gasteiger partial charge in [0.05, 0.1) is 12.0 Å². The third-order valence-corrected chi connectivity index (χ3v) is 4.95. The Balaban J connectivity index is 0.00000121. The smallest absolute Gasteiger partial charge is 0.162 e. The molecular formula is C15H23Cl2N3OS. The molecule has 0 spiro atoms. The maximum Gasteiger partial charge on any atom is 0.162 e. The first-order chi connectivity index (χ1) is 9.72. The lowest BCUT2D eigenvalue weighted by atomic mass is 9.91. The number of hydrogen-bond donors (Lipinski definition) is 1. The van der Waals surface area contributed by atoms with Crippen molar-refractivity contribution in [2.24, 2.45) is 11.7 Å². The minimum absolute atomic E-state index is 0. The zero-order valence-corrected chi connectivity index (χ0v) is 15.1. The second-order valence-corrected chi connectivity index (χ2v) is 6.45. The van der Waals surface area contributed by atoms with E-state index in [-0.39, 0.29) is 24.8 Å². The second-order valence-electron chi connectivity index (χ2n) is 5.59. The van der Waals surface area contributed by atoms with Crippen molar-refractivity contribution in [3.63, 3.8) is 0 Å². The van der Waals surface area contributed by atoms with Gasteiger partial charge in [0.15, 0.2) is 10.8 Å². The Kier molecular flexibility index (Phi) is 7.86. The highest BCUT2D eigenvalue weighted by Crippen LogP contribution is 2.26. The van der Waals surface area contributed by atoms with Gasteiger partial charge >= 0.3 is 0 Å². The maximum atomic E-state index is 5.98. The largest absolute Gasteiger partial charge is 0.462 e. The van der Waals surface area contributed by atoms with Crippen molar-refractivity contribution in [3.05, 3.63) is 29.5 Å². The van der Waals surface area contributed by atoms with Gasteiger partial charge in [-0.05, 0) is 50.9 Å². The molecule has 0 aromatic carbocycles. The molecule has 0 saturated carbocycles. The highest BCUT2D eigenvalue weighted by molar-refractivity contribution is 7.13. The Labute approximate surface area is 147 Å². The van der Waals surface area contributed by atoms with Crippen LogP contribution < -0.4 is 5.73 Å². The monoisotopic (exact) mass is 363 g/mol. The number of rotatable bonds is 4. The fourth-order valence-corrected chi connectivity index (χ4v) is 3.54. The SMILES string of the molecule is CC(N)C1CCN(Cc2csc(-c3ccco3)n2)CC1.Cl.Cl. The molecule has 1 unspecified atom stereocenters. The number of hydrogen-bond acceptors (Lipinski definition) is 5. The summed E-state index contributed by atoms with van der Waals surface area (Å²) >= 11 is 1.65. The first-order valence-corrected chi connectivity index (χ1v) is 8.06. The fraction of sp³-hybridized carbons (Fsp3) is 0.533. The van der Waals surface area contributed by atoms with E-state index in [4.69, 9.17) is 10.2 Å². The molecule has 1 atom stereocenters. The summed E-state index contributed by atoms with van der Waals surface area (Å²) in [6, 6.07) is 4.17. The van der Waals surface area contributed by atoms with Gasteiger partial charge in [0.2, 0.25) is 0 Å². The zero-order valence-electron chi connectivity index (χ0n) is 12.6. The fourth-order valence-electron chi connectivity index (χ4n) is 2.76. The molecule has 2 aromatic heterocycles. The lowest BCUT2D eigenvalue weighted by Crippen LogP contribution is -2.39. The van der Waals surface area contributed by atoms with Crippen molar-refractivity contribution in [2.45, 2.75) is 32.4 Å². The first-order valence-electron chi connectivity index (χ1n) is 7.18. The van der Waals surface area contributed by atoms with Gasteiger partial charge in [-0.3, -0.25) is 4.90 Å². The molecule has 1 aliphatic rings. The van der Waals surface area contributed by atoms with E-state index in [1.165, 1.54) is 12.8 Å². The minimum atomic E-state index is 0. The molecular weight excluding hydrogens is 341 g/mol. The number of nitrogens with zero attached hydrogens (tertiary/aromatic N) is 2. The van der Waals surface area contributed by atoms with E-state index >= 15 is 0 Å². The van der Waals surface area contributed by atoms with Crippen LogP contribution in [0, 0.1) is 5.92 Å². The van der Waals surface area contributed by atoms with E-state index < -0.39 is 0 Å². The van der Waals surface area contributed by atoms with Gasteiger partial charge in [-0.25, -0.2) is 4.98 Å². The van der Waals surface area contributed by atoms with Crippen LogP contribution in [0.2, 0.25) is 0 Å². The van der Waals surface area contributed by atoms with Crippen LogP contribution in [0.25, 0.3) is 10.8 Å². The maximum absolute atomic E-state index is 5.98. The number of likely N-dealkylation sites (tertiary alicyclic amines) is 1. The number of furan rings is 1. The summed E-state index contributed by atoms with van der Waals surface area (Å²) in [5.74, 6) is 1.54.